The van der Waals surface area contributed by atoms with Crippen LogP contribution in [0.2, 0.25) is 0 Å². The standard InChI is InChI=1S/C14H7Cl9O2/c15-9-6-4-2-1-3-5(6)7(24)8-10(9,16)12(18,19)14(22,23)13(20,21)11(8,17)25/h1-4,9,24-25H. The molecule has 138 valence electrons. The lowest BCUT2D eigenvalue weighted by atomic mass is 9.70. The number of hydrogen-bond donors (Lipinski definition) is 2. The Morgan fingerprint density at radius 3 is 1.88 bits per heavy atom. The summed E-state index contributed by atoms with van der Waals surface area (Å²) in [6, 6.07) is 6.42. The Hall–Kier alpha value is 1.33. The minimum Gasteiger partial charge on any atom is -0.507 e. The molecule has 3 unspecified atom stereocenters. The zero-order chi connectivity index (χ0) is 19.2. The minimum atomic E-state index is -2.75. The predicted octanol–water partition coefficient (Wildman–Crippen LogP) is 6.69. The van der Waals surface area contributed by atoms with E-state index in [9.17, 15) is 10.2 Å². The molecule has 1 aromatic carbocycles. The molecular formula is C14H7Cl9O2. The normalized spacial score (nSPS) is 38.1. The van der Waals surface area contributed by atoms with Crippen molar-refractivity contribution < 1.29 is 10.2 Å². The van der Waals surface area contributed by atoms with E-state index in [0.29, 0.717) is 5.56 Å². The van der Waals surface area contributed by atoms with Crippen molar-refractivity contribution in [3.05, 3.63) is 41.0 Å². The Balaban J connectivity index is 2.50. The van der Waals surface area contributed by atoms with Crippen LogP contribution in [0.1, 0.15) is 16.5 Å². The lowest BCUT2D eigenvalue weighted by Gasteiger charge is -2.61. The summed E-state index contributed by atoms with van der Waals surface area (Å²) in [6.07, 6.45) is 0. The fourth-order valence-corrected chi connectivity index (χ4v) is 6.70. The molecule has 11 heteroatoms. The average Bonchev–Trinajstić information content (AvgIpc) is 2.51. The number of alkyl halides is 9. The molecule has 2 aliphatic carbocycles. The van der Waals surface area contributed by atoms with Crippen LogP contribution in [0.4, 0.5) is 0 Å². The van der Waals surface area contributed by atoms with Crippen LogP contribution in [0, 0.1) is 0 Å². The van der Waals surface area contributed by atoms with Crippen LogP contribution in [0.3, 0.4) is 0 Å². The first-order chi connectivity index (χ1) is 11.2. The third-order valence-corrected chi connectivity index (χ3v) is 10.8. The number of halogens is 9. The number of benzene rings is 1. The molecule has 0 heterocycles. The third-order valence-electron chi connectivity index (χ3n) is 4.43. The van der Waals surface area contributed by atoms with Gasteiger partial charge in [0.15, 0.2) is 8.67 Å². The van der Waals surface area contributed by atoms with Crippen molar-refractivity contribution in [3.63, 3.8) is 0 Å². The van der Waals surface area contributed by atoms with E-state index in [0.717, 1.165) is 0 Å². The molecule has 3 rings (SSSR count). The highest BCUT2D eigenvalue weighted by molar-refractivity contribution is 6.74. The molecule has 1 saturated carbocycles. The lowest BCUT2D eigenvalue weighted by molar-refractivity contribution is 0.101. The first-order valence-electron chi connectivity index (χ1n) is 6.58. The summed E-state index contributed by atoms with van der Waals surface area (Å²) in [5.74, 6) is -0.528. The second-order valence-electron chi connectivity index (χ2n) is 5.73. The van der Waals surface area contributed by atoms with E-state index in [1.165, 1.54) is 6.07 Å². The Morgan fingerprint density at radius 2 is 1.32 bits per heavy atom. The van der Waals surface area contributed by atoms with Gasteiger partial charge in [-0.1, -0.05) is 105 Å². The van der Waals surface area contributed by atoms with Gasteiger partial charge in [-0.15, -0.1) is 23.2 Å². The Labute approximate surface area is 188 Å². The van der Waals surface area contributed by atoms with E-state index in [1.54, 1.807) is 18.2 Å². The van der Waals surface area contributed by atoms with Gasteiger partial charge in [-0.3, -0.25) is 0 Å². The molecule has 1 aromatic rings. The highest BCUT2D eigenvalue weighted by Crippen LogP contribution is 2.76. The van der Waals surface area contributed by atoms with Gasteiger partial charge >= 0.3 is 0 Å². The first kappa shape index (κ1) is 21.0. The van der Waals surface area contributed by atoms with Gasteiger partial charge in [-0.05, 0) is 5.56 Å². The molecule has 0 saturated heterocycles. The monoisotopic (exact) mass is 522 g/mol. The topological polar surface area (TPSA) is 40.5 Å². The molecule has 2 nitrogen and oxygen atoms in total. The zero-order valence-corrected chi connectivity index (χ0v) is 18.5. The molecule has 1 fully saturated rings. The molecule has 3 atom stereocenters. The molecule has 2 N–H and O–H groups in total. The number of aliphatic hydroxyl groups excluding tert-OH is 1. The maximum atomic E-state index is 10.9. The lowest BCUT2D eigenvalue weighted by Crippen LogP contribution is -2.75. The number of rotatable bonds is 0. The van der Waals surface area contributed by atoms with Crippen LogP contribution in [0.25, 0.3) is 5.76 Å². The van der Waals surface area contributed by atoms with Crippen LogP contribution in [-0.2, 0) is 0 Å². The molecule has 0 amide bonds. The highest BCUT2D eigenvalue weighted by Gasteiger charge is 2.84. The number of hydrogen-bond acceptors (Lipinski definition) is 2. The second-order valence-corrected chi connectivity index (χ2v) is 11.3. The SMILES string of the molecule is OC1=C2C(O)(Cl)C(Cl)(Cl)C(Cl)(Cl)C(Cl)(Cl)C2(Cl)C(Cl)c2ccccc21. The summed E-state index contributed by atoms with van der Waals surface area (Å²) >= 11 is 57.1. The third kappa shape index (κ3) is 2.25. The molecule has 0 aromatic heterocycles. The van der Waals surface area contributed by atoms with Crippen LogP contribution < -0.4 is 0 Å². The molecular weight excluding hydrogens is 519 g/mol. The van der Waals surface area contributed by atoms with Gasteiger partial charge < -0.3 is 10.2 Å². The maximum absolute atomic E-state index is 10.9. The van der Waals surface area contributed by atoms with Crippen LogP contribution >= 0.6 is 104 Å². The minimum absolute atomic E-state index is 0.248. The van der Waals surface area contributed by atoms with Gasteiger partial charge in [0.1, 0.15) is 10.6 Å². The van der Waals surface area contributed by atoms with Crippen molar-refractivity contribution in [3.8, 4) is 0 Å². The van der Waals surface area contributed by atoms with Gasteiger partial charge in [0.25, 0.3) is 0 Å². The van der Waals surface area contributed by atoms with Crippen molar-refractivity contribution in [1.29, 1.82) is 0 Å². The Bertz CT molecular complexity index is 786. The number of fused-ring (bicyclic) bond motifs is 2. The predicted molar refractivity (Wildman–Crippen MR) is 107 cm³/mol. The smallest absolute Gasteiger partial charge is 0.202 e. The fraction of sp³-hybridized carbons (Fsp3) is 0.429. The Morgan fingerprint density at radius 1 is 0.800 bits per heavy atom. The summed E-state index contributed by atoms with van der Waals surface area (Å²) < 4.78 is -7.44. The second kappa shape index (κ2) is 5.92. The molecule has 0 aliphatic heterocycles. The van der Waals surface area contributed by atoms with Gasteiger partial charge in [0, 0.05) is 11.1 Å². The number of aliphatic hydroxyl groups is 2. The van der Waals surface area contributed by atoms with Crippen LogP contribution in [-0.4, -0.2) is 33.1 Å². The summed E-state index contributed by atoms with van der Waals surface area (Å²) in [4.78, 5) is -2.15. The van der Waals surface area contributed by atoms with E-state index in [-0.39, 0.29) is 5.56 Å². The molecule has 0 spiro atoms. The zero-order valence-electron chi connectivity index (χ0n) is 11.7. The van der Waals surface area contributed by atoms with Crippen molar-refractivity contribution in [2.24, 2.45) is 0 Å². The summed E-state index contributed by atoms with van der Waals surface area (Å²) in [5, 5.41) is 17.7. The molecule has 2 aliphatic rings. The van der Waals surface area contributed by atoms with Crippen molar-refractivity contribution >= 4 is 110 Å². The molecule has 0 bridgehead atoms. The van der Waals surface area contributed by atoms with Gasteiger partial charge in [-0.25, -0.2) is 0 Å². The van der Waals surface area contributed by atoms with Crippen molar-refractivity contribution in [2.45, 2.75) is 28.3 Å². The fourth-order valence-electron chi connectivity index (χ4n) is 3.09. The maximum Gasteiger partial charge on any atom is 0.202 e. The quantitative estimate of drug-likeness (QED) is 0.370. The average molecular weight is 526 g/mol. The van der Waals surface area contributed by atoms with Gasteiger partial charge in [-0.2, -0.15) is 0 Å². The molecule has 0 radical (unpaired) electrons. The van der Waals surface area contributed by atoms with Crippen molar-refractivity contribution in [1.82, 2.24) is 0 Å². The summed E-state index contributed by atoms with van der Waals surface area (Å²) in [6.45, 7) is 0. The van der Waals surface area contributed by atoms with E-state index in [1.807, 2.05) is 0 Å². The van der Waals surface area contributed by atoms with Crippen LogP contribution in [0.15, 0.2) is 29.8 Å². The first-order valence-corrected chi connectivity index (χ1v) is 10.0. The van der Waals surface area contributed by atoms with Crippen molar-refractivity contribution in [2.75, 3.05) is 0 Å². The van der Waals surface area contributed by atoms with Gasteiger partial charge in [0.2, 0.25) is 9.39 Å². The summed E-state index contributed by atoms with van der Waals surface area (Å²) in [7, 11) is 0. The van der Waals surface area contributed by atoms with Crippen LogP contribution in [0.5, 0.6) is 0 Å². The highest BCUT2D eigenvalue weighted by atomic mass is 35.5. The van der Waals surface area contributed by atoms with E-state index < -0.39 is 39.6 Å². The van der Waals surface area contributed by atoms with Gasteiger partial charge in [0.05, 0.1) is 5.38 Å². The summed E-state index contributed by atoms with van der Waals surface area (Å²) in [5.41, 5.74) is 0.131. The Kier molecular flexibility index (Phi) is 4.98. The molecule has 25 heavy (non-hydrogen) atoms. The largest absolute Gasteiger partial charge is 0.507 e. The van der Waals surface area contributed by atoms with E-state index in [4.69, 9.17) is 104 Å². The van der Waals surface area contributed by atoms with E-state index in [2.05, 4.69) is 0 Å². The van der Waals surface area contributed by atoms with E-state index >= 15 is 0 Å².